The van der Waals surface area contributed by atoms with Gasteiger partial charge in [-0.05, 0) is 74.2 Å². The second-order valence-electron chi connectivity index (χ2n) is 9.21. The van der Waals surface area contributed by atoms with Crippen LogP contribution in [0, 0.1) is 13.8 Å². The second-order valence-corrected chi connectivity index (χ2v) is 9.21. The lowest BCUT2D eigenvalue weighted by atomic mass is 9.96. The first-order valence-corrected chi connectivity index (χ1v) is 12.4. The maximum atomic E-state index is 6.24. The van der Waals surface area contributed by atoms with Crippen molar-refractivity contribution in [2.45, 2.75) is 40.5 Å². The van der Waals surface area contributed by atoms with Crippen molar-refractivity contribution in [2.24, 2.45) is 0 Å². The molecule has 1 N–H and O–H groups in total. The highest BCUT2D eigenvalue weighted by molar-refractivity contribution is 5.91. The third kappa shape index (κ3) is 4.74. The Balaban J connectivity index is 1.51. The van der Waals surface area contributed by atoms with Crippen LogP contribution in [0.3, 0.4) is 0 Å². The number of aryl methyl sites for hydroxylation is 2. The number of hydrogen-bond acceptors (Lipinski definition) is 7. The Morgan fingerprint density at radius 2 is 1.89 bits per heavy atom. The number of methoxy groups -OCH3 is 1. The molecule has 0 unspecified atom stereocenters. The van der Waals surface area contributed by atoms with Crippen molar-refractivity contribution in [2.75, 3.05) is 19.0 Å². The SMILES string of the molecule is CCOc1cc(C)c(-c2nc3c(Nc4ccc(-n5cnc(C)n5)c(OC)c4)cccc3o2)cc1C(C)C. The number of hydrogen-bond donors (Lipinski definition) is 1. The van der Waals surface area contributed by atoms with Crippen molar-refractivity contribution in [3.05, 3.63) is 71.8 Å². The van der Waals surface area contributed by atoms with Crippen LogP contribution in [0.25, 0.3) is 28.2 Å². The van der Waals surface area contributed by atoms with Gasteiger partial charge in [0.25, 0.3) is 0 Å². The summed E-state index contributed by atoms with van der Waals surface area (Å²) >= 11 is 0. The second kappa shape index (κ2) is 9.97. The largest absolute Gasteiger partial charge is 0.494 e. The number of para-hydroxylation sites is 1. The van der Waals surface area contributed by atoms with Crippen LogP contribution >= 0.6 is 0 Å². The zero-order valence-corrected chi connectivity index (χ0v) is 22.0. The summed E-state index contributed by atoms with van der Waals surface area (Å²) in [5.74, 6) is 3.17. The molecule has 0 amide bonds. The minimum atomic E-state index is 0.307. The minimum absolute atomic E-state index is 0.307. The van der Waals surface area contributed by atoms with Crippen molar-refractivity contribution in [1.82, 2.24) is 19.7 Å². The van der Waals surface area contributed by atoms with Crippen LogP contribution in [0.1, 0.15) is 43.6 Å². The fraction of sp³-hybridized carbons (Fsp3) is 0.276. The van der Waals surface area contributed by atoms with E-state index in [1.807, 2.05) is 50.2 Å². The Kier molecular flexibility index (Phi) is 6.56. The summed E-state index contributed by atoms with van der Waals surface area (Å²) in [6.45, 7) is 10.9. The summed E-state index contributed by atoms with van der Waals surface area (Å²) in [4.78, 5) is 9.11. The summed E-state index contributed by atoms with van der Waals surface area (Å²) in [5, 5.41) is 7.86. The van der Waals surface area contributed by atoms with Gasteiger partial charge in [0.1, 0.15) is 34.9 Å². The van der Waals surface area contributed by atoms with Crippen molar-refractivity contribution >= 4 is 22.5 Å². The molecule has 0 aliphatic carbocycles. The third-order valence-electron chi connectivity index (χ3n) is 6.24. The molecule has 3 aromatic carbocycles. The van der Waals surface area contributed by atoms with Gasteiger partial charge in [-0.25, -0.2) is 14.6 Å². The van der Waals surface area contributed by atoms with Gasteiger partial charge in [-0.15, -0.1) is 0 Å². The maximum absolute atomic E-state index is 6.24. The zero-order chi connectivity index (χ0) is 26.1. The summed E-state index contributed by atoms with van der Waals surface area (Å²) in [5.41, 5.74) is 7.12. The average Bonchev–Trinajstić information content (AvgIpc) is 3.51. The number of nitrogens with one attached hydrogen (secondary N) is 1. The molecule has 0 radical (unpaired) electrons. The molecule has 5 rings (SSSR count). The van der Waals surface area contributed by atoms with Gasteiger partial charge in [0.2, 0.25) is 5.89 Å². The smallest absolute Gasteiger partial charge is 0.227 e. The molecule has 37 heavy (non-hydrogen) atoms. The topological polar surface area (TPSA) is 87.2 Å². The zero-order valence-electron chi connectivity index (χ0n) is 22.0. The molecule has 2 heterocycles. The van der Waals surface area contributed by atoms with Crippen LogP contribution in [0.4, 0.5) is 11.4 Å². The number of anilines is 2. The summed E-state index contributed by atoms with van der Waals surface area (Å²) < 4.78 is 19.5. The van der Waals surface area contributed by atoms with Crippen LogP contribution < -0.4 is 14.8 Å². The molecule has 0 saturated carbocycles. The first kappa shape index (κ1) is 24.4. The van der Waals surface area contributed by atoms with E-state index in [4.69, 9.17) is 18.9 Å². The number of aromatic nitrogens is 4. The first-order valence-electron chi connectivity index (χ1n) is 12.4. The van der Waals surface area contributed by atoms with Gasteiger partial charge in [-0.3, -0.25) is 0 Å². The van der Waals surface area contributed by atoms with Crippen LogP contribution in [-0.2, 0) is 0 Å². The molecule has 0 aliphatic heterocycles. The quantitative estimate of drug-likeness (QED) is 0.248. The van der Waals surface area contributed by atoms with E-state index in [2.05, 4.69) is 48.3 Å². The Bertz CT molecular complexity index is 1570. The summed E-state index contributed by atoms with van der Waals surface area (Å²) in [6.07, 6.45) is 1.67. The highest BCUT2D eigenvalue weighted by atomic mass is 16.5. The van der Waals surface area contributed by atoms with Crippen LogP contribution in [0.2, 0.25) is 0 Å². The highest BCUT2D eigenvalue weighted by Gasteiger charge is 2.18. The van der Waals surface area contributed by atoms with E-state index < -0.39 is 0 Å². The van der Waals surface area contributed by atoms with Gasteiger partial charge >= 0.3 is 0 Å². The number of rotatable bonds is 8. The van der Waals surface area contributed by atoms with Crippen molar-refractivity contribution in [3.8, 4) is 28.6 Å². The van der Waals surface area contributed by atoms with E-state index >= 15 is 0 Å². The van der Waals surface area contributed by atoms with E-state index in [9.17, 15) is 0 Å². The Morgan fingerprint density at radius 3 is 2.59 bits per heavy atom. The highest BCUT2D eigenvalue weighted by Crippen LogP contribution is 2.37. The van der Waals surface area contributed by atoms with Crippen LogP contribution in [0.5, 0.6) is 11.5 Å². The van der Waals surface area contributed by atoms with Crippen molar-refractivity contribution in [1.29, 1.82) is 0 Å². The number of ether oxygens (including phenoxy) is 2. The van der Waals surface area contributed by atoms with Gasteiger partial charge in [0.15, 0.2) is 5.58 Å². The third-order valence-corrected chi connectivity index (χ3v) is 6.24. The van der Waals surface area contributed by atoms with E-state index in [0.717, 1.165) is 45.0 Å². The van der Waals surface area contributed by atoms with Gasteiger partial charge < -0.3 is 19.2 Å². The van der Waals surface area contributed by atoms with Crippen LogP contribution in [-0.4, -0.2) is 33.5 Å². The van der Waals surface area contributed by atoms with Gasteiger partial charge in [0, 0.05) is 17.3 Å². The molecular weight excluding hydrogens is 466 g/mol. The monoisotopic (exact) mass is 497 g/mol. The molecule has 0 saturated heterocycles. The molecule has 5 aromatic rings. The first-order chi connectivity index (χ1) is 17.9. The minimum Gasteiger partial charge on any atom is -0.494 e. The lowest BCUT2D eigenvalue weighted by Crippen LogP contribution is -2.00. The van der Waals surface area contributed by atoms with Crippen LogP contribution in [0.15, 0.2) is 59.3 Å². The number of nitrogens with zero attached hydrogens (tertiary/aromatic N) is 4. The van der Waals surface area contributed by atoms with Crippen molar-refractivity contribution in [3.63, 3.8) is 0 Å². The Morgan fingerprint density at radius 1 is 1.05 bits per heavy atom. The molecule has 190 valence electrons. The van der Waals surface area contributed by atoms with E-state index in [1.54, 1.807) is 18.1 Å². The Hall–Kier alpha value is -4.33. The number of benzene rings is 3. The fourth-order valence-electron chi connectivity index (χ4n) is 4.39. The number of fused-ring (bicyclic) bond motifs is 1. The summed E-state index contributed by atoms with van der Waals surface area (Å²) in [7, 11) is 1.64. The Labute approximate surface area is 216 Å². The number of oxazole rings is 1. The molecule has 0 spiro atoms. The summed E-state index contributed by atoms with van der Waals surface area (Å²) in [6, 6.07) is 15.9. The lowest BCUT2D eigenvalue weighted by molar-refractivity contribution is 0.335. The lowest BCUT2D eigenvalue weighted by Gasteiger charge is -2.16. The molecule has 0 fully saturated rings. The van der Waals surface area contributed by atoms with E-state index in [-0.39, 0.29) is 0 Å². The molecule has 8 nitrogen and oxygen atoms in total. The van der Waals surface area contributed by atoms with Gasteiger partial charge in [-0.1, -0.05) is 19.9 Å². The molecule has 0 aliphatic rings. The standard InChI is InChI=1S/C29H31N5O3/c1-7-36-26-13-18(4)22(15-21(26)17(2)3)29-32-28-23(9-8-10-25(28)37-29)31-20-11-12-24(27(14-20)35-6)34-16-30-19(5)33-34/h8-17,31H,7H2,1-6H3. The molecule has 0 bridgehead atoms. The normalized spacial score (nSPS) is 11.3. The van der Waals surface area contributed by atoms with Gasteiger partial charge in [-0.2, -0.15) is 5.10 Å². The predicted octanol–water partition coefficient (Wildman–Crippen LogP) is 6.97. The maximum Gasteiger partial charge on any atom is 0.227 e. The average molecular weight is 498 g/mol. The van der Waals surface area contributed by atoms with Crippen molar-refractivity contribution < 1.29 is 13.9 Å². The fourth-order valence-corrected chi connectivity index (χ4v) is 4.39. The molecule has 2 aromatic heterocycles. The van der Waals surface area contributed by atoms with Gasteiger partial charge in [0.05, 0.1) is 19.4 Å². The molecule has 8 heteroatoms. The molecular formula is C29H31N5O3. The van der Waals surface area contributed by atoms with E-state index in [1.165, 1.54) is 0 Å². The van der Waals surface area contributed by atoms with E-state index in [0.29, 0.717) is 35.6 Å². The predicted molar refractivity (Wildman–Crippen MR) is 145 cm³/mol. The molecule has 0 atom stereocenters.